The van der Waals surface area contributed by atoms with Crippen LogP contribution in [0.3, 0.4) is 0 Å². The molecule has 0 saturated carbocycles. The van der Waals surface area contributed by atoms with Crippen molar-refractivity contribution in [3.05, 3.63) is 70.3 Å². The zero-order chi connectivity index (χ0) is 15.1. The van der Waals surface area contributed by atoms with Crippen LogP contribution in [0.5, 0.6) is 0 Å². The van der Waals surface area contributed by atoms with Crippen molar-refractivity contribution in [1.82, 2.24) is 0 Å². The third-order valence-electron chi connectivity index (χ3n) is 2.51. The quantitative estimate of drug-likeness (QED) is 0.481. The molecule has 0 N–H and O–H groups in total. The molecule has 0 atom stereocenters. The third-order valence-corrected chi connectivity index (χ3v) is 2.51. The SMILES string of the molecule is O=C(N=Nc1ccc([N+](=O)[O-])cc1)OCc1ccccc1. The second kappa shape index (κ2) is 6.90. The van der Waals surface area contributed by atoms with E-state index in [4.69, 9.17) is 4.74 Å². The molecule has 0 aliphatic rings. The highest BCUT2D eigenvalue weighted by atomic mass is 16.6. The number of hydrogen-bond donors (Lipinski definition) is 0. The summed E-state index contributed by atoms with van der Waals surface area (Å²) in [7, 11) is 0. The van der Waals surface area contributed by atoms with Crippen LogP contribution in [-0.4, -0.2) is 11.0 Å². The summed E-state index contributed by atoms with van der Waals surface area (Å²) in [5.41, 5.74) is 1.12. The maximum atomic E-state index is 11.4. The van der Waals surface area contributed by atoms with Crippen LogP contribution in [0.15, 0.2) is 64.8 Å². The Bertz CT molecular complexity index is 654. The number of azo groups is 1. The van der Waals surface area contributed by atoms with Crippen LogP contribution in [0, 0.1) is 10.1 Å². The van der Waals surface area contributed by atoms with Crippen LogP contribution in [0.4, 0.5) is 16.2 Å². The van der Waals surface area contributed by atoms with Gasteiger partial charge in [0.05, 0.1) is 10.6 Å². The lowest BCUT2D eigenvalue weighted by Crippen LogP contribution is -1.98. The van der Waals surface area contributed by atoms with Crippen LogP contribution >= 0.6 is 0 Å². The maximum Gasteiger partial charge on any atom is 0.452 e. The molecule has 2 aromatic carbocycles. The molecule has 0 aromatic heterocycles. The number of hydrogen-bond acceptors (Lipinski definition) is 5. The van der Waals surface area contributed by atoms with Gasteiger partial charge in [-0.1, -0.05) is 35.4 Å². The van der Waals surface area contributed by atoms with Crippen molar-refractivity contribution in [2.45, 2.75) is 6.61 Å². The Balaban J connectivity index is 1.88. The van der Waals surface area contributed by atoms with Crippen molar-refractivity contribution >= 4 is 17.5 Å². The Morgan fingerprint density at radius 3 is 2.38 bits per heavy atom. The number of non-ortho nitro benzene ring substituents is 1. The lowest BCUT2D eigenvalue weighted by molar-refractivity contribution is -0.384. The van der Waals surface area contributed by atoms with Crippen LogP contribution < -0.4 is 0 Å². The zero-order valence-corrected chi connectivity index (χ0v) is 10.9. The lowest BCUT2D eigenvalue weighted by atomic mass is 10.2. The number of nitrogens with zero attached hydrogens (tertiary/aromatic N) is 3. The first-order valence-corrected chi connectivity index (χ1v) is 6.02. The van der Waals surface area contributed by atoms with E-state index >= 15 is 0 Å². The first-order chi connectivity index (χ1) is 10.1. The minimum atomic E-state index is -0.822. The molecule has 0 spiro atoms. The molecule has 21 heavy (non-hydrogen) atoms. The molecule has 2 rings (SSSR count). The van der Waals surface area contributed by atoms with Gasteiger partial charge in [0, 0.05) is 12.1 Å². The molecule has 0 unspecified atom stereocenters. The molecule has 1 amide bonds. The Labute approximate surface area is 120 Å². The normalized spacial score (nSPS) is 10.5. The third kappa shape index (κ3) is 4.50. The number of carbonyl (C=O) groups is 1. The van der Waals surface area contributed by atoms with Crippen LogP contribution in [0.1, 0.15) is 5.56 Å². The van der Waals surface area contributed by atoms with E-state index in [1.165, 1.54) is 24.3 Å². The van der Waals surface area contributed by atoms with Gasteiger partial charge in [0.15, 0.2) is 0 Å². The topological polar surface area (TPSA) is 94.2 Å². The van der Waals surface area contributed by atoms with Crippen molar-refractivity contribution in [2.24, 2.45) is 10.2 Å². The maximum absolute atomic E-state index is 11.4. The number of rotatable bonds is 4. The van der Waals surface area contributed by atoms with E-state index in [1.54, 1.807) is 0 Å². The standard InChI is InChI=1S/C14H11N3O4/c18-14(21-10-11-4-2-1-3-5-11)16-15-12-6-8-13(9-7-12)17(19)20/h1-9H,10H2. The highest BCUT2D eigenvalue weighted by molar-refractivity contribution is 5.68. The fourth-order valence-electron chi connectivity index (χ4n) is 1.49. The summed E-state index contributed by atoms with van der Waals surface area (Å²) in [6, 6.07) is 14.5. The van der Waals surface area contributed by atoms with Crippen LogP contribution in [0.2, 0.25) is 0 Å². The molecule has 7 nitrogen and oxygen atoms in total. The van der Waals surface area contributed by atoms with E-state index in [1.807, 2.05) is 30.3 Å². The highest BCUT2D eigenvalue weighted by Crippen LogP contribution is 2.18. The van der Waals surface area contributed by atoms with Gasteiger partial charge in [-0.3, -0.25) is 10.1 Å². The van der Waals surface area contributed by atoms with Crippen LogP contribution in [0.25, 0.3) is 0 Å². The number of amides is 1. The van der Waals surface area contributed by atoms with Gasteiger partial charge < -0.3 is 4.74 Å². The summed E-state index contributed by atoms with van der Waals surface area (Å²) in [6.45, 7) is 0.110. The summed E-state index contributed by atoms with van der Waals surface area (Å²) in [6.07, 6.45) is -0.822. The average molecular weight is 285 g/mol. The molecule has 2 aromatic rings. The first-order valence-electron chi connectivity index (χ1n) is 6.02. The van der Waals surface area contributed by atoms with E-state index < -0.39 is 11.0 Å². The minimum absolute atomic E-state index is 0.0550. The number of nitro groups is 1. The van der Waals surface area contributed by atoms with Crippen molar-refractivity contribution in [1.29, 1.82) is 0 Å². The fourth-order valence-corrected chi connectivity index (χ4v) is 1.49. The van der Waals surface area contributed by atoms with Gasteiger partial charge in [0.1, 0.15) is 6.61 Å². The second-order valence-electron chi connectivity index (χ2n) is 4.01. The van der Waals surface area contributed by atoms with E-state index in [-0.39, 0.29) is 12.3 Å². The van der Waals surface area contributed by atoms with E-state index in [0.717, 1.165) is 5.56 Å². The highest BCUT2D eigenvalue weighted by Gasteiger charge is 2.04. The van der Waals surface area contributed by atoms with Gasteiger partial charge in [-0.15, -0.1) is 5.11 Å². The van der Waals surface area contributed by atoms with Crippen LogP contribution in [-0.2, 0) is 11.3 Å². The van der Waals surface area contributed by atoms with Gasteiger partial charge in [-0.25, -0.2) is 4.79 Å². The zero-order valence-electron chi connectivity index (χ0n) is 10.9. The minimum Gasteiger partial charge on any atom is -0.442 e. The predicted octanol–water partition coefficient (Wildman–Crippen LogP) is 4.02. The fraction of sp³-hybridized carbons (Fsp3) is 0.0714. The first kappa shape index (κ1) is 14.3. The summed E-state index contributed by atoms with van der Waals surface area (Å²) in [5, 5.41) is 17.5. The molecule has 0 heterocycles. The molecule has 106 valence electrons. The van der Waals surface area contributed by atoms with Gasteiger partial charge in [-0.2, -0.15) is 0 Å². The second-order valence-corrected chi connectivity index (χ2v) is 4.01. The number of benzene rings is 2. The molecule has 0 fully saturated rings. The molecular weight excluding hydrogens is 274 g/mol. The van der Waals surface area contributed by atoms with Crippen molar-refractivity contribution < 1.29 is 14.5 Å². The van der Waals surface area contributed by atoms with Gasteiger partial charge in [0.25, 0.3) is 5.69 Å². The summed E-state index contributed by atoms with van der Waals surface area (Å²) in [5.74, 6) is 0. The molecule has 0 saturated heterocycles. The van der Waals surface area contributed by atoms with Gasteiger partial charge in [0.2, 0.25) is 0 Å². The lowest BCUT2D eigenvalue weighted by Gasteiger charge is -2.00. The number of nitro benzene ring substituents is 1. The van der Waals surface area contributed by atoms with E-state index in [0.29, 0.717) is 5.69 Å². The van der Waals surface area contributed by atoms with Crippen molar-refractivity contribution in [3.63, 3.8) is 0 Å². The number of ether oxygens (including phenoxy) is 1. The summed E-state index contributed by atoms with van der Waals surface area (Å²) in [4.78, 5) is 21.3. The van der Waals surface area contributed by atoms with Crippen molar-refractivity contribution in [3.8, 4) is 0 Å². The number of carbonyl (C=O) groups excluding carboxylic acids is 1. The molecule has 7 heteroatoms. The monoisotopic (exact) mass is 285 g/mol. The molecule has 0 aliphatic heterocycles. The van der Waals surface area contributed by atoms with Gasteiger partial charge >= 0.3 is 6.09 Å². The molecule has 0 radical (unpaired) electrons. The Morgan fingerprint density at radius 2 is 1.76 bits per heavy atom. The van der Waals surface area contributed by atoms with E-state index in [2.05, 4.69) is 10.2 Å². The largest absolute Gasteiger partial charge is 0.452 e. The Hall–Kier alpha value is -3.09. The molecule has 0 aliphatic carbocycles. The smallest absolute Gasteiger partial charge is 0.442 e. The Morgan fingerprint density at radius 1 is 1.10 bits per heavy atom. The van der Waals surface area contributed by atoms with Gasteiger partial charge in [-0.05, 0) is 17.7 Å². The molecule has 0 bridgehead atoms. The van der Waals surface area contributed by atoms with E-state index in [9.17, 15) is 14.9 Å². The Kier molecular flexibility index (Phi) is 4.70. The predicted molar refractivity (Wildman–Crippen MR) is 74.2 cm³/mol. The molecular formula is C14H11N3O4. The summed E-state index contributed by atoms with van der Waals surface area (Å²) >= 11 is 0. The summed E-state index contributed by atoms with van der Waals surface area (Å²) < 4.78 is 4.90. The average Bonchev–Trinajstić information content (AvgIpc) is 2.52. The van der Waals surface area contributed by atoms with Crippen molar-refractivity contribution in [2.75, 3.05) is 0 Å².